The summed E-state index contributed by atoms with van der Waals surface area (Å²) >= 11 is 0. The molecule has 0 aliphatic heterocycles. The number of nitrogens with zero attached hydrogens (tertiary/aromatic N) is 1. The molecule has 3 rings (SSSR count). The maximum absolute atomic E-state index is 5.75. The Balaban J connectivity index is 1.72. The van der Waals surface area contributed by atoms with Gasteiger partial charge in [0.25, 0.3) is 0 Å². The number of aromatic nitrogens is 1. The number of para-hydroxylation sites is 1. The molecule has 1 fully saturated rings. The monoisotopic (exact) mass is 284 g/mol. The van der Waals surface area contributed by atoms with Gasteiger partial charge in [0.15, 0.2) is 0 Å². The lowest BCUT2D eigenvalue weighted by atomic mass is 9.75. The van der Waals surface area contributed by atoms with Gasteiger partial charge in [-0.05, 0) is 44.9 Å². The van der Waals surface area contributed by atoms with E-state index in [-0.39, 0.29) is 5.60 Å². The van der Waals surface area contributed by atoms with Crippen LogP contribution in [0.25, 0.3) is 10.9 Å². The number of nitrogens with one attached hydrogen (secondary N) is 1. The number of hydrogen-bond donors (Lipinski definition) is 1. The molecule has 112 valence electrons. The van der Waals surface area contributed by atoms with E-state index in [9.17, 15) is 0 Å². The molecule has 0 amide bonds. The van der Waals surface area contributed by atoms with E-state index in [1.165, 1.54) is 24.6 Å². The summed E-state index contributed by atoms with van der Waals surface area (Å²) in [7, 11) is 3.88. The van der Waals surface area contributed by atoms with Gasteiger partial charge in [0.1, 0.15) is 0 Å². The van der Waals surface area contributed by atoms with Crippen LogP contribution < -0.4 is 5.32 Å². The number of rotatable bonds is 6. The number of likely N-dealkylation sites (N-methyl/N-ethyl adjacent to an activating group) is 1. The molecule has 0 radical (unpaired) electrons. The Morgan fingerprint density at radius 2 is 2.05 bits per heavy atom. The van der Waals surface area contributed by atoms with Gasteiger partial charge in [0.05, 0.1) is 11.1 Å². The van der Waals surface area contributed by atoms with Crippen LogP contribution in [0.4, 0.5) is 0 Å². The molecule has 1 aromatic heterocycles. The summed E-state index contributed by atoms with van der Waals surface area (Å²) in [6.45, 7) is 0. The summed E-state index contributed by atoms with van der Waals surface area (Å²) < 4.78 is 5.75. The van der Waals surface area contributed by atoms with Crippen LogP contribution in [0.5, 0.6) is 0 Å². The van der Waals surface area contributed by atoms with Crippen molar-refractivity contribution < 1.29 is 4.74 Å². The molecule has 1 atom stereocenters. The van der Waals surface area contributed by atoms with E-state index >= 15 is 0 Å². The van der Waals surface area contributed by atoms with Crippen molar-refractivity contribution in [2.24, 2.45) is 0 Å². The molecule has 1 N–H and O–H groups in total. The third-order valence-electron chi connectivity index (χ3n) is 4.84. The highest BCUT2D eigenvalue weighted by Crippen LogP contribution is 2.39. The lowest BCUT2D eigenvalue weighted by Crippen LogP contribution is -2.45. The van der Waals surface area contributed by atoms with Crippen molar-refractivity contribution in [3.8, 4) is 0 Å². The summed E-state index contributed by atoms with van der Waals surface area (Å²) in [4.78, 5) is 4.78. The van der Waals surface area contributed by atoms with Crippen LogP contribution in [-0.2, 0) is 11.2 Å². The molecule has 1 aliphatic carbocycles. The molecule has 3 nitrogen and oxygen atoms in total. The second kappa shape index (κ2) is 6.12. The lowest BCUT2D eigenvalue weighted by Gasteiger charge is -2.42. The molecule has 1 heterocycles. The molecule has 0 spiro atoms. The van der Waals surface area contributed by atoms with Crippen LogP contribution in [0.15, 0.2) is 36.4 Å². The SMILES string of the molecule is CNC(Cc1ccc2ccccc2n1)CC1(OC)CCC1. The van der Waals surface area contributed by atoms with E-state index in [2.05, 4.69) is 35.6 Å². The Hall–Kier alpha value is -1.45. The second-order valence-electron chi connectivity index (χ2n) is 6.13. The first-order valence-electron chi connectivity index (χ1n) is 7.82. The molecule has 2 aromatic rings. The van der Waals surface area contributed by atoms with Crippen molar-refractivity contribution in [1.82, 2.24) is 10.3 Å². The number of benzene rings is 1. The minimum absolute atomic E-state index is 0.102. The van der Waals surface area contributed by atoms with E-state index in [1.54, 1.807) is 0 Å². The number of hydrogen-bond acceptors (Lipinski definition) is 3. The van der Waals surface area contributed by atoms with Gasteiger partial charge in [0.2, 0.25) is 0 Å². The van der Waals surface area contributed by atoms with Gasteiger partial charge in [-0.1, -0.05) is 24.3 Å². The fourth-order valence-electron chi connectivity index (χ4n) is 3.26. The van der Waals surface area contributed by atoms with Gasteiger partial charge in [0, 0.05) is 30.7 Å². The molecule has 1 unspecified atom stereocenters. The van der Waals surface area contributed by atoms with Crippen molar-refractivity contribution in [2.75, 3.05) is 14.2 Å². The highest BCUT2D eigenvalue weighted by Gasteiger charge is 2.38. The minimum Gasteiger partial charge on any atom is -0.378 e. The smallest absolute Gasteiger partial charge is 0.0705 e. The fourth-order valence-corrected chi connectivity index (χ4v) is 3.26. The Morgan fingerprint density at radius 1 is 1.24 bits per heavy atom. The third kappa shape index (κ3) is 3.09. The zero-order valence-corrected chi connectivity index (χ0v) is 12.9. The highest BCUT2D eigenvalue weighted by atomic mass is 16.5. The van der Waals surface area contributed by atoms with Gasteiger partial charge in [-0.3, -0.25) is 4.98 Å². The van der Waals surface area contributed by atoms with Gasteiger partial charge >= 0.3 is 0 Å². The van der Waals surface area contributed by atoms with Crippen LogP contribution in [0.2, 0.25) is 0 Å². The van der Waals surface area contributed by atoms with Gasteiger partial charge in [-0.25, -0.2) is 0 Å². The fraction of sp³-hybridized carbons (Fsp3) is 0.500. The van der Waals surface area contributed by atoms with Crippen molar-refractivity contribution in [3.05, 3.63) is 42.1 Å². The maximum atomic E-state index is 5.75. The van der Waals surface area contributed by atoms with E-state index in [0.29, 0.717) is 6.04 Å². The Kier molecular flexibility index (Phi) is 4.22. The molecule has 0 bridgehead atoms. The predicted octanol–water partition coefficient (Wildman–Crippen LogP) is 3.32. The highest BCUT2D eigenvalue weighted by molar-refractivity contribution is 5.78. The second-order valence-corrected chi connectivity index (χ2v) is 6.13. The molecule has 1 aromatic carbocycles. The van der Waals surface area contributed by atoms with Gasteiger partial charge in [-0.2, -0.15) is 0 Å². The van der Waals surface area contributed by atoms with Crippen molar-refractivity contribution in [2.45, 2.75) is 43.7 Å². The topological polar surface area (TPSA) is 34.2 Å². The predicted molar refractivity (Wildman–Crippen MR) is 86.5 cm³/mol. The van der Waals surface area contributed by atoms with Gasteiger partial charge in [-0.15, -0.1) is 0 Å². The van der Waals surface area contributed by atoms with E-state index in [1.807, 2.05) is 20.2 Å². The van der Waals surface area contributed by atoms with Crippen LogP contribution in [0, 0.1) is 0 Å². The van der Waals surface area contributed by atoms with Crippen LogP contribution in [0.3, 0.4) is 0 Å². The molecule has 21 heavy (non-hydrogen) atoms. The van der Waals surface area contributed by atoms with E-state index in [0.717, 1.165) is 24.1 Å². The Morgan fingerprint density at radius 3 is 2.71 bits per heavy atom. The summed E-state index contributed by atoms with van der Waals surface area (Å²) in [5.41, 5.74) is 2.33. The van der Waals surface area contributed by atoms with E-state index in [4.69, 9.17) is 9.72 Å². The number of ether oxygens (including phenoxy) is 1. The van der Waals surface area contributed by atoms with Crippen molar-refractivity contribution >= 4 is 10.9 Å². The molecule has 1 saturated carbocycles. The molecule has 3 heteroatoms. The Bertz CT molecular complexity index is 601. The first kappa shape index (κ1) is 14.5. The first-order chi connectivity index (χ1) is 10.2. The zero-order valence-electron chi connectivity index (χ0n) is 12.9. The van der Waals surface area contributed by atoms with E-state index < -0.39 is 0 Å². The quantitative estimate of drug-likeness (QED) is 0.883. The average molecular weight is 284 g/mol. The summed E-state index contributed by atoms with van der Waals surface area (Å²) in [6.07, 6.45) is 5.68. The maximum Gasteiger partial charge on any atom is 0.0705 e. The van der Waals surface area contributed by atoms with Crippen molar-refractivity contribution in [1.29, 1.82) is 0 Å². The number of methoxy groups -OCH3 is 1. The summed E-state index contributed by atoms with van der Waals surface area (Å²) in [5, 5.41) is 4.64. The first-order valence-corrected chi connectivity index (χ1v) is 7.82. The summed E-state index contributed by atoms with van der Waals surface area (Å²) in [6, 6.07) is 13.0. The van der Waals surface area contributed by atoms with Crippen LogP contribution in [0.1, 0.15) is 31.4 Å². The summed E-state index contributed by atoms with van der Waals surface area (Å²) in [5.74, 6) is 0. The normalized spacial score (nSPS) is 18.4. The third-order valence-corrected chi connectivity index (χ3v) is 4.84. The van der Waals surface area contributed by atoms with Crippen LogP contribution >= 0.6 is 0 Å². The zero-order chi connectivity index (χ0) is 14.7. The van der Waals surface area contributed by atoms with Gasteiger partial charge < -0.3 is 10.1 Å². The standard InChI is InChI=1S/C18H24N2O/c1-19-16(13-18(21-2)10-5-11-18)12-15-9-8-14-6-3-4-7-17(14)20-15/h3-4,6-9,16,19H,5,10-13H2,1-2H3. The number of fused-ring (bicyclic) bond motifs is 1. The number of pyridine rings is 1. The largest absolute Gasteiger partial charge is 0.378 e. The molecular formula is C18H24N2O. The average Bonchev–Trinajstić information content (AvgIpc) is 2.49. The molecule has 1 aliphatic rings. The minimum atomic E-state index is 0.102. The molecular weight excluding hydrogens is 260 g/mol. The molecule has 0 saturated heterocycles. The van der Waals surface area contributed by atoms with Crippen molar-refractivity contribution in [3.63, 3.8) is 0 Å². The van der Waals surface area contributed by atoms with Crippen LogP contribution in [-0.4, -0.2) is 30.8 Å². The lowest BCUT2D eigenvalue weighted by molar-refractivity contribution is -0.0830. The Labute approximate surface area is 126 Å².